The summed E-state index contributed by atoms with van der Waals surface area (Å²) in [4.78, 5) is 32.4. The summed E-state index contributed by atoms with van der Waals surface area (Å²) < 4.78 is 0. The first-order valence-electron chi connectivity index (χ1n) is 4.25. The Hall–Kier alpha value is -2.38. The number of carboxylic acids is 2. The summed E-state index contributed by atoms with van der Waals surface area (Å²) in [7, 11) is 0. The third kappa shape index (κ3) is 3.08. The first kappa shape index (κ1) is 11.7. The van der Waals surface area contributed by atoms with Crippen molar-refractivity contribution in [1.82, 2.24) is 15.5 Å². The van der Waals surface area contributed by atoms with E-state index in [2.05, 4.69) is 15.5 Å². The number of rotatable bonds is 5. The number of aromatic nitrogens is 2. The van der Waals surface area contributed by atoms with Crippen LogP contribution in [0.2, 0.25) is 0 Å². The van der Waals surface area contributed by atoms with Gasteiger partial charge >= 0.3 is 11.9 Å². The Labute approximate surface area is 89.3 Å². The minimum atomic E-state index is -1.46. The Morgan fingerprint density at radius 2 is 2.12 bits per heavy atom. The molecule has 16 heavy (non-hydrogen) atoms. The summed E-state index contributed by atoms with van der Waals surface area (Å²) >= 11 is 0. The fourth-order valence-electron chi connectivity index (χ4n) is 0.991. The molecule has 0 saturated heterocycles. The van der Waals surface area contributed by atoms with Gasteiger partial charge in [-0.3, -0.25) is 14.7 Å². The van der Waals surface area contributed by atoms with Crippen LogP contribution in [0.3, 0.4) is 0 Å². The molecular weight excluding hydrogens is 218 g/mol. The first-order chi connectivity index (χ1) is 7.50. The van der Waals surface area contributed by atoms with E-state index in [4.69, 9.17) is 10.2 Å². The van der Waals surface area contributed by atoms with E-state index in [1.807, 2.05) is 0 Å². The van der Waals surface area contributed by atoms with Gasteiger partial charge in [0.25, 0.3) is 5.91 Å². The van der Waals surface area contributed by atoms with Crippen LogP contribution in [0.5, 0.6) is 0 Å². The average Bonchev–Trinajstić information content (AvgIpc) is 2.68. The van der Waals surface area contributed by atoms with E-state index >= 15 is 0 Å². The fraction of sp³-hybridized carbons (Fsp3) is 0.250. The molecule has 0 unspecified atom stereocenters. The van der Waals surface area contributed by atoms with Crippen molar-refractivity contribution in [2.45, 2.75) is 12.5 Å². The molecule has 0 saturated carbocycles. The monoisotopic (exact) mass is 227 g/mol. The third-order valence-corrected chi connectivity index (χ3v) is 1.74. The fourth-order valence-corrected chi connectivity index (χ4v) is 0.991. The molecule has 1 rings (SSSR count). The molecule has 1 aromatic rings. The molecule has 1 heterocycles. The highest BCUT2D eigenvalue weighted by atomic mass is 16.4. The van der Waals surface area contributed by atoms with Crippen molar-refractivity contribution in [2.24, 2.45) is 0 Å². The van der Waals surface area contributed by atoms with Crippen LogP contribution in [0.4, 0.5) is 0 Å². The summed E-state index contributed by atoms with van der Waals surface area (Å²) in [5, 5.41) is 25.1. The third-order valence-electron chi connectivity index (χ3n) is 1.74. The van der Waals surface area contributed by atoms with Crippen molar-refractivity contribution in [1.29, 1.82) is 0 Å². The predicted octanol–water partition coefficient (Wildman–Crippen LogP) is -0.933. The zero-order valence-electron chi connectivity index (χ0n) is 8.01. The van der Waals surface area contributed by atoms with Crippen LogP contribution in [0, 0.1) is 0 Å². The molecule has 0 spiro atoms. The van der Waals surface area contributed by atoms with Gasteiger partial charge in [-0.15, -0.1) is 0 Å². The molecule has 0 aromatic carbocycles. The number of aliphatic carboxylic acids is 2. The zero-order chi connectivity index (χ0) is 12.1. The zero-order valence-corrected chi connectivity index (χ0v) is 8.01. The normalized spacial score (nSPS) is 11.8. The number of nitrogens with zero attached hydrogens (tertiary/aromatic N) is 1. The van der Waals surface area contributed by atoms with Gasteiger partial charge < -0.3 is 15.5 Å². The Morgan fingerprint density at radius 1 is 1.44 bits per heavy atom. The smallest absolute Gasteiger partial charge is 0.326 e. The van der Waals surface area contributed by atoms with Gasteiger partial charge in [-0.25, -0.2) is 4.79 Å². The van der Waals surface area contributed by atoms with E-state index in [0.717, 1.165) is 0 Å². The summed E-state index contributed by atoms with van der Waals surface area (Å²) in [6.07, 6.45) is 1.79. The number of carbonyl (C=O) groups is 3. The molecule has 1 amide bonds. The number of amides is 1. The van der Waals surface area contributed by atoms with Gasteiger partial charge in [0.05, 0.1) is 18.2 Å². The van der Waals surface area contributed by atoms with Crippen LogP contribution in [0.1, 0.15) is 16.8 Å². The lowest BCUT2D eigenvalue weighted by atomic mass is 10.2. The molecule has 8 nitrogen and oxygen atoms in total. The van der Waals surface area contributed by atoms with Gasteiger partial charge in [0.1, 0.15) is 6.04 Å². The van der Waals surface area contributed by atoms with E-state index in [-0.39, 0.29) is 5.56 Å². The Morgan fingerprint density at radius 3 is 2.56 bits per heavy atom. The molecule has 0 aliphatic carbocycles. The van der Waals surface area contributed by atoms with Gasteiger partial charge in [-0.2, -0.15) is 5.10 Å². The molecule has 0 aliphatic rings. The summed E-state index contributed by atoms with van der Waals surface area (Å²) in [5.74, 6) is -3.40. The maximum absolute atomic E-state index is 11.4. The number of hydrogen-bond acceptors (Lipinski definition) is 4. The quantitative estimate of drug-likeness (QED) is 0.513. The number of aromatic amines is 1. The van der Waals surface area contributed by atoms with Crippen molar-refractivity contribution in [2.75, 3.05) is 0 Å². The van der Waals surface area contributed by atoms with Crippen LogP contribution in [0.15, 0.2) is 12.4 Å². The van der Waals surface area contributed by atoms with Gasteiger partial charge in [-0.1, -0.05) is 0 Å². The van der Waals surface area contributed by atoms with Crippen LogP contribution in [0.25, 0.3) is 0 Å². The lowest BCUT2D eigenvalue weighted by Gasteiger charge is -2.10. The number of H-pyrrole nitrogens is 1. The van der Waals surface area contributed by atoms with Crippen LogP contribution < -0.4 is 5.32 Å². The second kappa shape index (κ2) is 4.91. The highest BCUT2D eigenvalue weighted by Gasteiger charge is 2.23. The Bertz CT molecular complexity index is 400. The molecule has 0 fully saturated rings. The largest absolute Gasteiger partial charge is 0.481 e. The number of hydrogen-bond donors (Lipinski definition) is 4. The molecular formula is C8H9N3O5. The second-order valence-electron chi connectivity index (χ2n) is 2.95. The van der Waals surface area contributed by atoms with Crippen molar-refractivity contribution in [3.05, 3.63) is 18.0 Å². The van der Waals surface area contributed by atoms with Crippen LogP contribution in [-0.4, -0.2) is 44.3 Å². The van der Waals surface area contributed by atoms with Crippen molar-refractivity contribution in [3.8, 4) is 0 Å². The molecule has 0 radical (unpaired) electrons. The molecule has 0 aliphatic heterocycles. The van der Waals surface area contributed by atoms with Gasteiger partial charge in [0, 0.05) is 6.20 Å². The first-order valence-corrected chi connectivity index (χ1v) is 4.25. The summed E-state index contributed by atoms with van der Waals surface area (Å²) in [6, 6.07) is -1.46. The van der Waals surface area contributed by atoms with Gasteiger partial charge in [0.15, 0.2) is 0 Å². The maximum Gasteiger partial charge on any atom is 0.326 e. The summed E-state index contributed by atoms with van der Waals surface area (Å²) in [5.41, 5.74) is 0.136. The number of carboxylic acid groups (broad SMARTS) is 2. The standard InChI is InChI=1S/C8H9N3O5/c12-6(13)1-5(8(15)16)11-7(14)4-2-9-10-3-4/h2-3,5H,1H2,(H,9,10)(H,11,14)(H,12,13)(H,15,16)/t5-/m0/s1. The predicted molar refractivity (Wildman–Crippen MR) is 49.7 cm³/mol. The minimum Gasteiger partial charge on any atom is -0.481 e. The second-order valence-corrected chi connectivity index (χ2v) is 2.95. The average molecular weight is 227 g/mol. The van der Waals surface area contributed by atoms with Gasteiger partial charge in [0.2, 0.25) is 0 Å². The molecule has 8 heteroatoms. The maximum atomic E-state index is 11.4. The van der Waals surface area contributed by atoms with Crippen LogP contribution >= 0.6 is 0 Å². The minimum absolute atomic E-state index is 0.136. The van der Waals surface area contributed by atoms with E-state index in [0.29, 0.717) is 0 Å². The highest BCUT2D eigenvalue weighted by Crippen LogP contribution is 1.98. The molecule has 86 valence electrons. The highest BCUT2D eigenvalue weighted by molar-refractivity contribution is 5.96. The number of carbonyl (C=O) groups excluding carboxylic acids is 1. The van der Waals surface area contributed by atoms with Crippen molar-refractivity contribution < 1.29 is 24.6 Å². The van der Waals surface area contributed by atoms with Crippen molar-refractivity contribution >= 4 is 17.8 Å². The van der Waals surface area contributed by atoms with E-state index < -0.39 is 30.3 Å². The van der Waals surface area contributed by atoms with Gasteiger partial charge in [-0.05, 0) is 0 Å². The van der Waals surface area contributed by atoms with Crippen molar-refractivity contribution in [3.63, 3.8) is 0 Å². The molecule has 1 aromatic heterocycles. The lowest BCUT2D eigenvalue weighted by Crippen LogP contribution is -2.42. The summed E-state index contributed by atoms with van der Waals surface area (Å²) in [6.45, 7) is 0. The number of nitrogens with one attached hydrogen (secondary N) is 2. The van der Waals surface area contributed by atoms with E-state index in [1.54, 1.807) is 0 Å². The Balaban J connectivity index is 2.65. The van der Waals surface area contributed by atoms with E-state index in [1.165, 1.54) is 12.4 Å². The Kier molecular flexibility index (Phi) is 3.59. The molecule has 4 N–H and O–H groups in total. The lowest BCUT2D eigenvalue weighted by molar-refractivity contribution is -0.145. The van der Waals surface area contributed by atoms with Crippen LogP contribution in [-0.2, 0) is 9.59 Å². The molecule has 1 atom stereocenters. The topological polar surface area (TPSA) is 132 Å². The molecule has 0 bridgehead atoms. The van der Waals surface area contributed by atoms with E-state index in [9.17, 15) is 14.4 Å². The SMILES string of the molecule is O=C(O)C[C@H](NC(=O)c1cn[nH]c1)C(=O)O.